The molecule has 0 aliphatic carbocycles. The van der Waals surface area contributed by atoms with Gasteiger partial charge >= 0.3 is 0 Å². The van der Waals surface area contributed by atoms with E-state index in [2.05, 4.69) is 261 Å². The quantitative estimate of drug-likeness (QED) is 0.137. The monoisotopic (exact) mass is 931 g/mol. The minimum absolute atomic E-state index is 0.702. The van der Waals surface area contributed by atoms with E-state index >= 15 is 0 Å². The van der Waals surface area contributed by atoms with E-state index in [-0.39, 0.29) is 0 Å². The van der Waals surface area contributed by atoms with Gasteiger partial charge in [-0.05, 0) is 95.7 Å². The smallest absolute Gasteiger partial charge is 0.136 e. The zero-order valence-electron chi connectivity index (χ0n) is 39.7. The molecule has 4 heteroatoms. The van der Waals surface area contributed by atoms with Crippen LogP contribution in [-0.4, -0.2) is 15.4 Å². The minimum atomic E-state index is 0.702. The molecule has 73 heavy (non-hydrogen) atoms. The lowest BCUT2D eigenvalue weighted by atomic mass is 9.75. The number of para-hydroxylation sites is 1. The zero-order valence-corrected chi connectivity index (χ0v) is 39.7. The lowest BCUT2D eigenvalue weighted by molar-refractivity contribution is 0.669. The van der Waals surface area contributed by atoms with E-state index in [9.17, 15) is 0 Å². The van der Waals surface area contributed by atoms with Crippen LogP contribution in [0.25, 0.3) is 133 Å². The van der Waals surface area contributed by atoms with Crippen molar-refractivity contribution in [1.82, 2.24) is 15.4 Å². The maximum Gasteiger partial charge on any atom is 0.136 e. The van der Waals surface area contributed by atoms with Crippen molar-refractivity contribution in [2.24, 2.45) is 0 Å². The summed E-state index contributed by atoms with van der Waals surface area (Å²) < 4.78 is 6.92. The third kappa shape index (κ3) is 7.79. The summed E-state index contributed by atoms with van der Waals surface area (Å²) in [4.78, 5) is 0. The molecule has 0 aliphatic rings. The minimum Gasteiger partial charge on any atom is -0.456 e. The molecule has 0 bridgehead atoms. The van der Waals surface area contributed by atoms with Gasteiger partial charge in [-0.3, -0.25) is 0 Å². The Labute approximate surface area is 424 Å². The zero-order chi connectivity index (χ0) is 48.5. The fraction of sp³-hybridized carbons (Fsp3) is 0. The molecule has 0 radical (unpaired) electrons. The van der Waals surface area contributed by atoms with Crippen molar-refractivity contribution in [2.75, 3.05) is 0 Å². The molecular formula is C69H45N3O. The third-order valence-electron chi connectivity index (χ3n) is 14.0. The Bertz CT molecular complexity index is 4100. The standard InChI is InChI=1S/C69H45N3O/c1-7-25-46(26-8-1)52-37-19-21-39-55(52)62-58(49-31-13-4-14-32-49)45-59(50-33-15-5-16-34-50)65(67(62)64-54(48-29-11-3-12-30-48)43-44-61-63(64)57-41-23-24-42-60(57)73-61)69-66(68(70-72-71-69)51-35-17-6-18-36-51)56-40-22-20-38-53(56)47-27-9-2-10-28-47/h1-45H. The highest BCUT2D eigenvalue weighted by atomic mass is 16.3. The molecule has 2 heterocycles. The fourth-order valence-corrected chi connectivity index (χ4v) is 10.8. The van der Waals surface area contributed by atoms with Crippen molar-refractivity contribution < 1.29 is 4.42 Å². The molecule has 11 aromatic carbocycles. The van der Waals surface area contributed by atoms with Crippen LogP contribution in [0.4, 0.5) is 0 Å². The first-order valence-corrected chi connectivity index (χ1v) is 24.7. The number of hydrogen-bond donors (Lipinski definition) is 0. The molecule has 2 aromatic heterocycles. The van der Waals surface area contributed by atoms with Crippen LogP contribution in [0.5, 0.6) is 0 Å². The Morgan fingerprint density at radius 3 is 1.16 bits per heavy atom. The fourth-order valence-electron chi connectivity index (χ4n) is 10.8. The van der Waals surface area contributed by atoms with Crippen molar-refractivity contribution in [1.29, 1.82) is 0 Å². The summed E-state index contributed by atoms with van der Waals surface area (Å²) in [5.74, 6) is 0. The Hall–Kier alpha value is -9.77. The lowest BCUT2D eigenvalue weighted by Gasteiger charge is -2.28. The molecule has 0 N–H and O–H groups in total. The SMILES string of the molecule is c1ccc(-c2ccccc2-c2c(-c3ccccc3)nnnc2-c2c(-c3ccccc3)cc(-c3ccccc3)c(-c3ccccc3-c3ccccc3)c2-c2c(-c3ccccc3)ccc3oc4ccccc4c23)cc1. The maximum absolute atomic E-state index is 6.92. The average Bonchev–Trinajstić information content (AvgIpc) is 3.87. The van der Waals surface area contributed by atoms with Gasteiger partial charge in [-0.2, -0.15) is 0 Å². The number of benzene rings is 11. The number of rotatable bonds is 10. The van der Waals surface area contributed by atoms with Crippen molar-refractivity contribution >= 4 is 21.9 Å². The number of aromatic nitrogens is 3. The predicted octanol–water partition coefficient (Wildman–Crippen LogP) is 18.4. The first-order chi connectivity index (χ1) is 36.3. The highest BCUT2D eigenvalue weighted by molar-refractivity contribution is 6.22. The summed E-state index contributed by atoms with van der Waals surface area (Å²) in [7, 11) is 0. The number of nitrogens with zero attached hydrogens (tertiary/aromatic N) is 3. The number of furan rings is 1. The van der Waals surface area contributed by atoms with Crippen LogP contribution in [-0.2, 0) is 0 Å². The molecule has 0 spiro atoms. The van der Waals surface area contributed by atoms with Crippen LogP contribution < -0.4 is 0 Å². The number of hydrogen-bond acceptors (Lipinski definition) is 4. The van der Waals surface area contributed by atoms with Crippen LogP contribution in [0.2, 0.25) is 0 Å². The Morgan fingerprint density at radius 1 is 0.233 bits per heavy atom. The summed E-state index contributed by atoms with van der Waals surface area (Å²) in [6.07, 6.45) is 0. The van der Waals surface area contributed by atoms with Gasteiger partial charge in [0, 0.05) is 38.6 Å². The molecule has 0 saturated heterocycles. The normalized spacial score (nSPS) is 11.3. The first-order valence-electron chi connectivity index (χ1n) is 24.7. The average molecular weight is 932 g/mol. The molecule has 0 unspecified atom stereocenters. The summed E-state index contributed by atoms with van der Waals surface area (Å²) in [6, 6.07) is 96.8. The van der Waals surface area contributed by atoms with Gasteiger partial charge in [0.1, 0.15) is 22.6 Å². The van der Waals surface area contributed by atoms with E-state index in [1.54, 1.807) is 0 Å². The highest BCUT2D eigenvalue weighted by Gasteiger charge is 2.33. The molecule has 0 atom stereocenters. The summed E-state index contributed by atoms with van der Waals surface area (Å²) >= 11 is 0. The van der Waals surface area contributed by atoms with E-state index in [1.165, 1.54) is 0 Å². The molecule has 0 aliphatic heterocycles. The third-order valence-corrected chi connectivity index (χ3v) is 14.0. The second-order valence-corrected chi connectivity index (χ2v) is 18.2. The second kappa shape index (κ2) is 18.9. The Kier molecular flexibility index (Phi) is 11.2. The van der Waals surface area contributed by atoms with Crippen LogP contribution in [0, 0.1) is 0 Å². The lowest BCUT2D eigenvalue weighted by Crippen LogP contribution is -2.06. The number of fused-ring (bicyclic) bond motifs is 3. The van der Waals surface area contributed by atoms with E-state index in [0.717, 1.165) is 128 Å². The van der Waals surface area contributed by atoms with Crippen molar-refractivity contribution in [3.05, 3.63) is 273 Å². The molecule has 0 amide bonds. The van der Waals surface area contributed by atoms with Crippen LogP contribution in [0.1, 0.15) is 0 Å². The van der Waals surface area contributed by atoms with E-state index in [0.29, 0.717) is 5.69 Å². The Morgan fingerprint density at radius 2 is 0.630 bits per heavy atom. The first kappa shape index (κ1) is 43.3. The van der Waals surface area contributed by atoms with Crippen LogP contribution in [0.3, 0.4) is 0 Å². The van der Waals surface area contributed by atoms with Crippen LogP contribution in [0.15, 0.2) is 277 Å². The van der Waals surface area contributed by atoms with Crippen molar-refractivity contribution in [3.8, 4) is 112 Å². The summed E-state index contributed by atoms with van der Waals surface area (Å²) in [6.45, 7) is 0. The summed E-state index contributed by atoms with van der Waals surface area (Å²) in [5, 5.41) is 17.2. The largest absolute Gasteiger partial charge is 0.456 e. The van der Waals surface area contributed by atoms with Crippen molar-refractivity contribution in [3.63, 3.8) is 0 Å². The van der Waals surface area contributed by atoms with Crippen molar-refractivity contribution in [2.45, 2.75) is 0 Å². The van der Waals surface area contributed by atoms with Gasteiger partial charge in [0.05, 0.1) is 0 Å². The molecule has 13 rings (SSSR count). The van der Waals surface area contributed by atoms with Gasteiger partial charge in [-0.25, -0.2) is 0 Å². The topological polar surface area (TPSA) is 51.8 Å². The van der Waals surface area contributed by atoms with Gasteiger partial charge < -0.3 is 4.42 Å². The molecule has 0 fully saturated rings. The van der Waals surface area contributed by atoms with Gasteiger partial charge in [-0.15, -0.1) is 10.2 Å². The summed E-state index contributed by atoms with van der Waals surface area (Å²) in [5.41, 5.74) is 21.6. The van der Waals surface area contributed by atoms with E-state index in [1.807, 2.05) is 12.1 Å². The molecule has 4 nitrogen and oxygen atoms in total. The second-order valence-electron chi connectivity index (χ2n) is 18.2. The maximum atomic E-state index is 6.92. The highest BCUT2D eigenvalue weighted by Crippen LogP contribution is 2.57. The van der Waals surface area contributed by atoms with E-state index in [4.69, 9.17) is 19.8 Å². The molecule has 0 saturated carbocycles. The molecule has 342 valence electrons. The van der Waals surface area contributed by atoms with Gasteiger partial charge in [-0.1, -0.05) is 255 Å². The molecule has 13 aromatic rings. The predicted molar refractivity (Wildman–Crippen MR) is 301 cm³/mol. The van der Waals surface area contributed by atoms with Crippen LogP contribution >= 0.6 is 0 Å². The van der Waals surface area contributed by atoms with Gasteiger partial charge in [0.2, 0.25) is 0 Å². The molecular weight excluding hydrogens is 887 g/mol. The Balaban J connectivity index is 1.33. The van der Waals surface area contributed by atoms with Gasteiger partial charge in [0.15, 0.2) is 0 Å². The van der Waals surface area contributed by atoms with E-state index < -0.39 is 0 Å². The van der Waals surface area contributed by atoms with Gasteiger partial charge in [0.25, 0.3) is 0 Å².